The van der Waals surface area contributed by atoms with Crippen molar-refractivity contribution in [3.63, 3.8) is 0 Å². The van der Waals surface area contributed by atoms with Crippen LogP contribution in [0.3, 0.4) is 0 Å². The van der Waals surface area contributed by atoms with Gasteiger partial charge in [-0.3, -0.25) is 4.79 Å². The number of pyridine rings is 1. The molecule has 2 heterocycles. The molecule has 1 atom stereocenters. The van der Waals surface area contributed by atoms with Crippen LogP contribution in [0.25, 0.3) is 0 Å². The van der Waals surface area contributed by atoms with E-state index in [9.17, 15) is 13.2 Å². The zero-order valence-corrected chi connectivity index (χ0v) is 12.2. The number of aliphatic hydroxyl groups excluding tert-OH is 1. The molecule has 112 valence electrons. The Labute approximate surface area is 123 Å². The number of amides is 1. The highest BCUT2D eigenvalue weighted by molar-refractivity contribution is 7.91. The first-order valence-corrected chi connectivity index (χ1v) is 8.40. The fraction of sp³-hybridized carbons (Fsp3) is 0.429. The number of nitrogens with one attached hydrogen (secondary N) is 1. The largest absolute Gasteiger partial charge is 0.395 e. The molecule has 0 saturated carbocycles. The highest BCUT2D eigenvalue weighted by Gasteiger charge is 2.33. The van der Waals surface area contributed by atoms with Gasteiger partial charge in [0.1, 0.15) is 11.5 Å². The average Bonchev–Trinajstić information content (AvgIpc) is 2.80. The minimum absolute atomic E-state index is 0.0143. The second-order valence-corrected chi connectivity index (χ2v) is 7.00. The Hall–Kier alpha value is -1.91. The Morgan fingerprint density at radius 3 is 2.95 bits per heavy atom. The van der Waals surface area contributed by atoms with Crippen LogP contribution in [0.4, 0.5) is 5.82 Å². The first kappa shape index (κ1) is 15.5. The summed E-state index contributed by atoms with van der Waals surface area (Å²) in [6.45, 7) is -0.0143. The number of hydrogen-bond acceptors (Lipinski definition) is 5. The topological polar surface area (TPSA) is 96.4 Å². The lowest BCUT2D eigenvalue weighted by molar-refractivity contribution is -0.119. The van der Waals surface area contributed by atoms with Crippen molar-refractivity contribution in [3.8, 4) is 11.8 Å². The van der Waals surface area contributed by atoms with E-state index in [1.165, 1.54) is 0 Å². The van der Waals surface area contributed by atoms with E-state index in [2.05, 4.69) is 22.1 Å². The Kier molecular flexibility index (Phi) is 4.94. The molecular weight excluding hydrogens is 292 g/mol. The van der Waals surface area contributed by atoms with Crippen LogP contribution in [-0.4, -0.2) is 42.5 Å². The van der Waals surface area contributed by atoms with Gasteiger partial charge in [-0.15, -0.1) is 0 Å². The first-order chi connectivity index (χ1) is 10.00. The molecule has 0 spiro atoms. The van der Waals surface area contributed by atoms with Crippen LogP contribution < -0.4 is 5.32 Å². The van der Waals surface area contributed by atoms with Crippen molar-refractivity contribution in [3.05, 3.63) is 23.9 Å². The molecule has 1 unspecified atom stereocenters. The van der Waals surface area contributed by atoms with E-state index in [0.717, 1.165) is 0 Å². The number of aromatic nitrogens is 1. The van der Waals surface area contributed by atoms with Crippen molar-refractivity contribution in [2.45, 2.75) is 12.8 Å². The van der Waals surface area contributed by atoms with Gasteiger partial charge in [0.05, 0.1) is 24.0 Å². The summed E-state index contributed by atoms with van der Waals surface area (Å²) in [6, 6.07) is 5.02. The minimum atomic E-state index is -3.08. The molecule has 1 aromatic rings. The number of hydrogen-bond donors (Lipinski definition) is 2. The van der Waals surface area contributed by atoms with Crippen LogP contribution >= 0.6 is 0 Å². The number of carbonyl (C=O) groups excluding carboxylic acids is 1. The van der Waals surface area contributed by atoms with E-state index < -0.39 is 15.8 Å². The first-order valence-electron chi connectivity index (χ1n) is 6.58. The molecule has 0 aromatic carbocycles. The molecule has 0 bridgehead atoms. The van der Waals surface area contributed by atoms with Crippen LogP contribution in [0.2, 0.25) is 0 Å². The van der Waals surface area contributed by atoms with E-state index >= 15 is 0 Å². The minimum Gasteiger partial charge on any atom is -0.395 e. The standard InChI is InChI=1S/C14H16N2O4S/c17-8-2-1-4-12-5-3-6-13(15-12)16-14(18)11-7-9-21(19,20)10-11/h3,5-6,11,17H,2,7-10H2,(H,15,16,18). The number of carbonyl (C=O) groups is 1. The summed E-state index contributed by atoms with van der Waals surface area (Å²) >= 11 is 0. The second-order valence-electron chi connectivity index (χ2n) is 4.77. The Bertz CT molecular complexity index is 688. The quantitative estimate of drug-likeness (QED) is 0.777. The number of rotatable bonds is 3. The number of nitrogens with zero attached hydrogens (tertiary/aromatic N) is 1. The molecule has 7 heteroatoms. The van der Waals surface area contributed by atoms with Gasteiger partial charge < -0.3 is 10.4 Å². The molecule has 6 nitrogen and oxygen atoms in total. The molecule has 1 aromatic heterocycles. The van der Waals surface area contributed by atoms with E-state index in [1.807, 2.05) is 0 Å². The van der Waals surface area contributed by atoms with Gasteiger partial charge in [-0.25, -0.2) is 13.4 Å². The summed E-state index contributed by atoms with van der Waals surface area (Å²) < 4.78 is 22.7. The normalized spacial score (nSPS) is 19.6. The summed E-state index contributed by atoms with van der Waals surface area (Å²) in [5.41, 5.74) is 0.486. The summed E-state index contributed by atoms with van der Waals surface area (Å²) in [4.78, 5) is 16.1. The fourth-order valence-corrected chi connectivity index (χ4v) is 3.75. The SMILES string of the molecule is O=C(Nc1cccc(C#CCCO)n1)C1CCS(=O)(=O)C1. The molecule has 21 heavy (non-hydrogen) atoms. The Balaban J connectivity index is 2.02. The third kappa shape index (κ3) is 4.55. The van der Waals surface area contributed by atoms with Gasteiger partial charge in [0.25, 0.3) is 0 Å². The zero-order chi connectivity index (χ0) is 15.3. The Morgan fingerprint density at radius 2 is 2.29 bits per heavy atom. The maximum atomic E-state index is 12.0. The summed E-state index contributed by atoms with van der Waals surface area (Å²) in [5.74, 6) is 4.98. The lowest BCUT2D eigenvalue weighted by atomic mass is 10.1. The number of anilines is 1. The van der Waals surface area contributed by atoms with Crippen molar-refractivity contribution >= 4 is 21.6 Å². The smallest absolute Gasteiger partial charge is 0.229 e. The predicted octanol–water partition coefficient (Wildman–Crippen LogP) is 0.189. The predicted molar refractivity (Wildman–Crippen MR) is 78.2 cm³/mol. The van der Waals surface area contributed by atoms with Crippen molar-refractivity contribution in [1.29, 1.82) is 0 Å². The summed E-state index contributed by atoms with van der Waals surface area (Å²) in [5, 5.41) is 11.3. The molecule has 0 radical (unpaired) electrons. The lowest BCUT2D eigenvalue weighted by Gasteiger charge is -2.08. The van der Waals surface area contributed by atoms with Crippen molar-refractivity contribution < 1.29 is 18.3 Å². The number of sulfone groups is 1. The van der Waals surface area contributed by atoms with Crippen molar-refractivity contribution in [2.75, 3.05) is 23.4 Å². The van der Waals surface area contributed by atoms with Gasteiger partial charge in [-0.05, 0) is 24.5 Å². The molecule has 2 N–H and O–H groups in total. The zero-order valence-electron chi connectivity index (χ0n) is 11.4. The van der Waals surface area contributed by atoms with Gasteiger partial charge in [-0.1, -0.05) is 12.0 Å². The highest BCUT2D eigenvalue weighted by Crippen LogP contribution is 2.20. The van der Waals surface area contributed by atoms with Crippen LogP contribution in [0.5, 0.6) is 0 Å². The third-order valence-corrected chi connectivity index (χ3v) is 4.82. The van der Waals surface area contributed by atoms with Crippen molar-refractivity contribution in [2.24, 2.45) is 5.92 Å². The molecule has 0 aliphatic carbocycles. The fourth-order valence-electron chi connectivity index (χ4n) is 2.01. The monoisotopic (exact) mass is 308 g/mol. The third-order valence-electron chi connectivity index (χ3n) is 3.06. The van der Waals surface area contributed by atoms with Crippen molar-refractivity contribution in [1.82, 2.24) is 4.98 Å². The molecule has 1 amide bonds. The van der Waals surface area contributed by atoms with Gasteiger partial charge in [-0.2, -0.15) is 0 Å². The van der Waals surface area contributed by atoms with Crippen LogP contribution in [-0.2, 0) is 14.6 Å². The van der Waals surface area contributed by atoms with Crippen LogP contribution in [0.1, 0.15) is 18.5 Å². The summed E-state index contributed by atoms with van der Waals surface area (Å²) in [7, 11) is -3.08. The summed E-state index contributed by atoms with van der Waals surface area (Å²) in [6.07, 6.45) is 0.711. The maximum absolute atomic E-state index is 12.0. The maximum Gasteiger partial charge on any atom is 0.229 e. The van der Waals surface area contributed by atoms with E-state index in [0.29, 0.717) is 24.4 Å². The molecule has 1 aliphatic heterocycles. The van der Waals surface area contributed by atoms with Gasteiger partial charge in [0.15, 0.2) is 9.84 Å². The van der Waals surface area contributed by atoms with Gasteiger partial charge >= 0.3 is 0 Å². The van der Waals surface area contributed by atoms with Gasteiger partial charge in [0.2, 0.25) is 5.91 Å². The lowest BCUT2D eigenvalue weighted by Crippen LogP contribution is -2.24. The highest BCUT2D eigenvalue weighted by atomic mass is 32.2. The molecular formula is C14H16N2O4S. The molecule has 1 aliphatic rings. The van der Waals surface area contributed by atoms with E-state index in [4.69, 9.17) is 5.11 Å². The van der Waals surface area contributed by atoms with Crippen LogP contribution in [0.15, 0.2) is 18.2 Å². The Morgan fingerprint density at radius 1 is 1.48 bits per heavy atom. The second kappa shape index (κ2) is 6.70. The van der Waals surface area contributed by atoms with Gasteiger partial charge in [0, 0.05) is 6.42 Å². The van der Waals surface area contributed by atoms with Crippen LogP contribution in [0, 0.1) is 17.8 Å². The number of aliphatic hydroxyl groups is 1. The molecule has 1 saturated heterocycles. The van der Waals surface area contributed by atoms with E-state index in [-0.39, 0.29) is 24.0 Å². The average molecular weight is 308 g/mol. The molecule has 2 rings (SSSR count). The van der Waals surface area contributed by atoms with E-state index in [1.54, 1.807) is 18.2 Å². The molecule has 1 fully saturated rings.